The molecular weight excluding hydrogens is 270 g/mol. The highest BCUT2D eigenvalue weighted by Crippen LogP contribution is 2.32. The number of benzene rings is 1. The molecule has 8 nitrogen and oxygen atoms in total. The number of hydrogen-bond acceptors (Lipinski definition) is 7. The van der Waals surface area contributed by atoms with Crippen molar-refractivity contribution in [2.24, 2.45) is 0 Å². The minimum absolute atomic E-state index is 0.0544. The second-order valence-electron chi connectivity index (χ2n) is 3.73. The Morgan fingerprint density at radius 3 is 2.15 bits per heavy atom. The van der Waals surface area contributed by atoms with Crippen molar-refractivity contribution >= 4 is 17.6 Å². The van der Waals surface area contributed by atoms with Crippen LogP contribution in [0.3, 0.4) is 0 Å². The lowest BCUT2D eigenvalue weighted by molar-refractivity contribution is -0.386. The van der Waals surface area contributed by atoms with Crippen LogP contribution in [-0.4, -0.2) is 24.0 Å². The average molecular weight is 283 g/mol. The molecule has 0 aliphatic rings. The van der Waals surface area contributed by atoms with E-state index >= 15 is 0 Å². The summed E-state index contributed by atoms with van der Waals surface area (Å²) in [6.45, 7) is 2.21. The Balaban J connectivity index is 3.26. The van der Waals surface area contributed by atoms with Crippen LogP contribution in [0.15, 0.2) is 18.2 Å². The van der Waals surface area contributed by atoms with Crippen molar-refractivity contribution in [3.63, 3.8) is 0 Å². The molecule has 1 aromatic carbocycles. The molecule has 0 aromatic heterocycles. The molecule has 0 unspecified atom stereocenters. The topological polar surface area (TPSA) is 105 Å². The third kappa shape index (κ3) is 3.94. The van der Waals surface area contributed by atoms with Crippen LogP contribution in [0.2, 0.25) is 0 Å². The molecule has 0 spiro atoms. The summed E-state index contributed by atoms with van der Waals surface area (Å²) in [7, 11) is 1.36. The summed E-state index contributed by atoms with van der Waals surface area (Å²) in [5.74, 6) is -1.22. The number of rotatable bonds is 5. The zero-order valence-corrected chi connectivity index (χ0v) is 11.1. The Labute approximate surface area is 114 Å². The van der Waals surface area contributed by atoms with E-state index in [4.69, 9.17) is 14.2 Å². The van der Waals surface area contributed by atoms with Crippen molar-refractivity contribution < 1.29 is 28.7 Å². The van der Waals surface area contributed by atoms with Gasteiger partial charge in [-0.3, -0.25) is 19.7 Å². The normalized spacial score (nSPS) is 10.0. The highest BCUT2D eigenvalue weighted by Gasteiger charge is 2.27. The number of nitro groups is 1. The first-order chi connectivity index (χ1) is 9.35. The number of ether oxygens (including phenoxy) is 3. The van der Waals surface area contributed by atoms with E-state index in [9.17, 15) is 19.7 Å². The molecule has 0 bridgehead atoms. The summed E-state index contributed by atoms with van der Waals surface area (Å²) in [6, 6.07) is 3.88. The van der Waals surface area contributed by atoms with Gasteiger partial charge in [-0.25, -0.2) is 0 Å². The van der Waals surface area contributed by atoms with Gasteiger partial charge in [0.05, 0.1) is 18.1 Å². The minimum Gasteiger partial charge on any atom is -0.497 e. The number of nitrogens with zero attached hydrogens (tertiary/aromatic N) is 1. The van der Waals surface area contributed by atoms with Crippen LogP contribution in [-0.2, 0) is 19.1 Å². The molecule has 108 valence electrons. The molecule has 1 rings (SSSR count). The van der Waals surface area contributed by atoms with E-state index < -0.39 is 23.2 Å². The predicted molar refractivity (Wildman–Crippen MR) is 65.9 cm³/mol. The summed E-state index contributed by atoms with van der Waals surface area (Å²) < 4.78 is 14.5. The van der Waals surface area contributed by atoms with Crippen LogP contribution in [0, 0.1) is 10.1 Å². The van der Waals surface area contributed by atoms with Gasteiger partial charge in [0.1, 0.15) is 11.3 Å². The highest BCUT2D eigenvalue weighted by molar-refractivity contribution is 5.69. The minimum atomic E-state index is -1.48. The second kappa shape index (κ2) is 6.50. The lowest BCUT2D eigenvalue weighted by Crippen LogP contribution is -2.16. The zero-order chi connectivity index (χ0) is 15.3. The number of esters is 2. The lowest BCUT2D eigenvalue weighted by atomic mass is 10.1. The van der Waals surface area contributed by atoms with Crippen LogP contribution < -0.4 is 4.74 Å². The monoisotopic (exact) mass is 283 g/mol. The highest BCUT2D eigenvalue weighted by atomic mass is 16.7. The van der Waals surface area contributed by atoms with Gasteiger partial charge in [0.25, 0.3) is 12.0 Å². The molecule has 0 atom stereocenters. The SMILES string of the molecule is COc1ccc(C(OC(C)=O)OC(C)=O)c([N+](=O)[O-])c1. The smallest absolute Gasteiger partial charge is 0.305 e. The fourth-order valence-corrected chi connectivity index (χ4v) is 1.46. The predicted octanol–water partition coefficient (Wildman–Crippen LogP) is 1.73. The Morgan fingerprint density at radius 1 is 1.20 bits per heavy atom. The average Bonchev–Trinajstić information content (AvgIpc) is 2.36. The van der Waals surface area contributed by atoms with Crippen molar-refractivity contribution in [3.8, 4) is 5.75 Å². The summed E-state index contributed by atoms with van der Waals surface area (Å²) in [5.41, 5.74) is -0.432. The van der Waals surface area contributed by atoms with E-state index in [1.807, 2.05) is 0 Å². The first-order valence-electron chi connectivity index (χ1n) is 5.52. The Bertz CT molecular complexity index is 525. The van der Waals surface area contributed by atoms with Crippen molar-refractivity contribution in [3.05, 3.63) is 33.9 Å². The largest absolute Gasteiger partial charge is 0.497 e. The number of hydrogen-bond donors (Lipinski definition) is 0. The molecule has 0 aliphatic carbocycles. The molecular formula is C12H13NO7. The van der Waals surface area contributed by atoms with Crippen LogP contribution >= 0.6 is 0 Å². The fourth-order valence-electron chi connectivity index (χ4n) is 1.46. The molecule has 0 saturated heterocycles. The molecule has 0 radical (unpaired) electrons. The van der Waals surface area contributed by atoms with Gasteiger partial charge >= 0.3 is 11.9 Å². The number of carbonyl (C=O) groups excluding carboxylic acids is 2. The van der Waals surface area contributed by atoms with Gasteiger partial charge in [-0.15, -0.1) is 0 Å². The molecule has 0 aliphatic heterocycles. The molecule has 0 amide bonds. The van der Waals surface area contributed by atoms with Crippen molar-refractivity contribution in [2.45, 2.75) is 20.1 Å². The van der Waals surface area contributed by atoms with Crippen LogP contribution in [0.1, 0.15) is 25.7 Å². The van der Waals surface area contributed by atoms with E-state index in [0.717, 1.165) is 19.9 Å². The first-order valence-corrected chi connectivity index (χ1v) is 5.52. The van der Waals surface area contributed by atoms with Gasteiger partial charge in [-0.05, 0) is 12.1 Å². The molecule has 0 fully saturated rings. The summed E-state index contributed by atoms with van der Waals surface area (Å²) in [5, 5.41) is 11.0. The van der Waals surface area contributed by atoms with Crippen LogP contribution in [0.5, 0.6) is 5.75 Å². The van der Waals surface area contributed by atoms with Crippen molar-refractivity contribution in [2.75, 3.05) is 7.11 Å². The van der Waals surface area contributed by atoms with Crippen molar-refractivity contribution in [1.29, 1.82) is 0 Å². The molecule has 1 aromatic rings. The Morgan fingerprint density at radius 2 is 1.75 bits per heavy atom. The van der Waals surface area contributed by atoms with E-state index in [2.05, 4.69) is 0 Å². The molecule has 0 saturated carbocycles. The van der Waals surface area contributed by atoms with E-state index in [0.29, 0.717) is 0 Å². The summed E-state index contributed by atoms with van der Waals surface area (Å²) in [6.07, 6.45) is -1.48. The molecule has 8 heteroatoms. The summed E-state index contributed by atoms with van der Waals surface area (Å²) in [4.78, 5) is 32.4. The van der Waals surface area contributed by atoms with E-state index in [1.165, 1.54) is 19.2 Å². The first kappa shape index (κ1) is 15.4. The van der Waals surface area contributed by atoms with Crippen molar-refractivity contribution in [1.82, 2.24) is 0 Å². The third-order valence-electron chi connectivity index (χ3n) is 2.23. The fraction of sp³-hybridized carbons (Fsp3) is 0.333. The van der Waals surface area contributed by atoms with E-state index in [1.54, 1.807) is 0 Å². The number of methoxy groups -OCH3 is 1. The third-order valence-corrected chi connectivity index (χ3v) is 2.23. The van der Waals surface area contributed by atoms with Gasteiger partial charge in [-0.2, -0.15) is 0 Å². The van der Waals surface area contributed by atoms with Gasteiger partial charge < -0.3 is 14.2 Å². The Kier molecular flexibility index (Phi) is 5.01. The van der Waals surface area contributed by atoms with Gasteiger partial charge in [0, 0.05) is 13.8 Å². The standard InChI is InChI=1S/C12H13NO7/c1-7(14)19-12(20-8(2)15)10-5-4-9(18-3)6-11(10)13(16)17/h4-6,12H,1-3H3. The van der Waals surface area contributed by atoms with E-state index in [-0.39, 0.29) is 17.0 Å². The van der Waals surface area contributed by atoms with Gasteiger partial charge in [-0.1, -0.05) is 0 Å². The summed E-state index contributed by atoms with van der Waals surface area (Å²) >= 11 is 0. The molecule has 20 heavy (non-hydrogen) atoms. The maximum absolute atomic E-state index is 11.0. The van der Waals surface area contributed by atoms with Gasteiger partial charge in [0.2, 0.25) is 0 Å². The zero-order valence-electron chi connectivity index (χ0n) is 11.1. The quantitative estimate of drug-likeness (QED) is 0.350. The van der Waals surface area contributed by atoms with Crippen LogP contribution in [0.4, 0.5) is 5.69 Å². The molecule has 0 N–H and O–H groups in total. The molecule has 0 heterocycles. The maximum Gasteiger partial charge on any atom is 0.305 e. The number of nitro benzene ring substituents is 1. The lowest BCUT2D eigenvalue weighted by Gasteiger charge is -2.17. The second-order valence-corrected chi connectivity index (χ2v) is 3.73. The van der Waals surface area contributed by atoms with Crippen LogP contribution in [0.25, 0.3) is 0 Å². The van der Waals surface area contributed by atoms with Gasteiger partial charge in [0.15, 0.2) is 0 Å². The number of carbonyl (C=O) groups is 2. The Hall–Kier alpha value is -2.64. The maximum atomic E-state index is 11.0.